The summed E-state index contributed by atoms with van der Waals surface area (Å²) in [6, 6.07) is 6.63. The lowest BCUT2D eigenvalue weighted by molar-refractivity contribution is -0.155. The van der Waals surface area contributed by atoms with Crippen LogP contribution in [-0.4, -0.2) is 13.6 Å². The molecule has 0 aliphatic carbocycles. The number of halogens is 3. The maximum Gasteiger partial charge on any atom is 0.452 e. The molecule has 6 nitrogen and oxygen atoms in total. The quantitative estimate of drug-likeness (QED) is 0.687. The number of hydrogen-bond donors (Lipinski definition) is 1. The van der Waals surface area contributed by atoms with Crippen LogP contribution in [0.3, 0.4) is 0 Å². The molecule has 27 heavy (non-hydrogen) atoms. The van der Waals surface area contributed by atoms with E-state index < -0.39 is 27.1 Å². The molecule has 3 aromatic rings. The van der Waals surface area contributed by atoms with Gasteiger partial charge in [0, 0.05) is 6.07 Å². The highest BCUT2D eigenvalue weighted by molar-refractivity contribution is 7.92. The summed E-state index contributed by atoms with van der Waals surface area (Å²) in [7, 11) is -4.08. The Bertz CT molecular complexity index is 1070. The molecule has 1 aromatic carbocycles. The van der Waals surface area contributed by atoms with Gasteiger partial charge in [0.2, 0.25) is 10.9 Å². The van der Waals surface area contributed by atoms with Crippen LogP contribution in [0, 0.1) is 20.8 Å². The maximum absolute atomic E-state index is 12.6. The van der Waals surface area contributed by atoms with Crippen LogP contribution in [0.4, 0.5) is 18.9 Å². The second kappa shape index (κ2) is 6.45. The molecule has 0 atom stereocenters. The molecule has 3 rings (SSSR count). The van der Waals surface area contributed by atoms with Crippen LogP contribution in [0.5, 0.6) is 0 Å². The van der Waals surface area contributed by atoms with Crippen LogP contribution < -0.4 is 4.72 Å². The zero-order valence-electron chi connectivity index (χ0n) is 14.5. The van der Waals surface area contributed by atoms with Crippen LogP contribution >= 0.6 is 0 Å². The highest BCUT2D eigenvalue weighted by Gasteiger charge is 2.36. The smallest absolute Gasteiger partial charge is 0.441 e. The largest absolute Gasteiger partial charge is 0.452 e. The molecule has 0 aliphatic rings. The molecule has 10 heteroatoms. The molecule has 0 radical (unpaired) electrons. The number of alkyl halides is 3. The summed E-state index contributed by atoms with van der Waals surface area (Å²) in [4.78, 5) is 0. The monoisotopic (exact) mass is 400 g/mol. The lowest BCUT2D eigenvalue weighted by Gasteiger charge is -2.13. The number of furan rings is 1. The van der Waals surface area contributed by atoms with Crippen LogP contribution in [-0.2, 0) is 16.2 Å². The van der Waals surface area contributed by atoms with Crippen LogP contribution in [0.2, 0.25) is 0 Å². The van der Waals surface area contributed by atoms with Gasteiger partial charge in [0.1, 0.15) is 5.69 Å². The molecular weight excluding hydrogens is 385 g/mol. The molecule has 2 aromatic heterocycles. The van der Waals surface area contributed by atoms with E-state index >= 15 is 0 Å². The molecule has 0 bridgehead atoms. The third-order valence-electron chi connectivity index (χ3n) is 3.80. The first kappa shape index (κ1) is 19.0. The van der Waals surface area contributed by atoms with Gasteiger partial charge < -0.3 is 8.94 Å². The normalized spacial score (nSPS) is 12.4. The van der Waals surface area contributed by atoms with Crippen LogP contribution in [0.1, 0.15) is 22.5 Å². The molecule has 2 heterocycles. The SMILES string of the molecule is Cc1cc(C)c(NS(=O)(=O)c2ccc(-c3cc(C(F)(F)F)on3)o2)c(C)c1. The van der Waals surface area contributed by atoms with Gasteiger partial charge in [0.15, 0.2) is 5.76 Å². The van der Waals surface area contributed by atoms with E-state index in [2.05, 4.69) is 14.4 Å². The van der Waals surface area contributed by atoms with Crippen molar-refractivity contribution in [3.8, 4) is 11.5 Å². The molecule has 0 spiro atoms. The van der Waals surface area contributed by atoms with Gasteiger partial charge >= 0.3 is 6.18 Å². The molecule has 0 aliphatic heterocycles. The van der Waals surface area contributed by atoms with E-state index in [1.165, 1.54) is 6.07 Å². The summed E-state index contributed by atoms with van der Waals surface area (Å²) in [6.07, 6.45) is -4.70. The number of nitrogens with one attached hydrogen (secondary N) is 1. The Morgan fingerprint density at radius 2 is 1.67 bits per heavy atom. The lowest BCUT2D eigenvalue weighted by atomic mass is 10.1. The number of hydrogen-bond acceptors (Lipinski definition) is 5. The van der Waals surface area contributed by atoms with Gasteiger partial charge in [-0.25, -0.2) is 0 Å². The number of nitrogens with zero attached hydrogens (tertiary/aromatic N) is 1. The van der Waals surface area contributed by atoms with Crippen molar-refractivity contribution in [2.24, 2.45) is 0 Å². The fourth-order valence-corrected chi connectivity index (χ4v) is 3.79. The first-order valence-corrected chi connectivity index (χ1v) is 9.20. The molecule has 0 saturated heterocycles. The topological polar surface area (TPSA) is 85.3 Å². The van der Waals surface area contributed by atoms with Crippen molar-refractivity contribution in [3.63, 3.8) is 0 Å². The van der Waals surface area contributed by atoms with Gasteiger partial charge in [-0.2, -0.15) is 21.6 Å². The highest BCUT2D eigenvalue weighted by atomic mass is 32.2. The Morgan fingerprint density at radius 1 is 1.04 bits per heavy atom. The summed E-state index contributed by atoms with van der Waals surface area (Å²) in [5, 5.41) is 2.82. The van der Waals surface area contributed by atoms with Crippen molar-refractivity contribution in [2.45, 2.75) is 32.0 Å². The summed E-state index contributed by atoms with van der Waals surface area (Å²) in [5.41, 5.74) is 2.61. The van der Waals surface area contributed by atoms with Crippen molar-refractivity contribution in [3.05, 3.63) is 52.8 Å². The Morgan fingerprint density at radius 3 is 2.22 bits per heavy atom. The Labute approximate surface area is 153 Å². The van der Waals surface area contributed by atoms with Crippen molar-refractivity contribution in [2.75, 3.05) is 4.72 Å². The second-order valence-corrected chi connectivity index (χ2v) is 7.69. The van der Waals surface area contributed by atoms with E-state index in [1.807, 2.05) is 19.1 Å². The number of benzene rings is 1. The molecule has 1 N–H and O–H groups in total. The van der Waals surface area contributed by atoms with Crippen molar-refractivity contribution in [1.82, 2.24) is 5.16 Å². The third-order valence-corrected chi connectivity index (χ3v) is 5.02. The molecule has 0 saturated carbocycles. The molecule has 0 amide bonds. The van der Waals surface area contributed by atoms with Crippen molar-refractivity contribution < 1.29 is 30.5 Å². The third kappa shape index (κ3) is 3.85. The summed E-state index contributed by atoms with van der Waals surface area (Å²) >= 11 is 0. The Kier molecular flexibility index (Phi) is 4.54. The predicted molar refractivity (Wildman–Crippen MR) is 90.7 cm³/mol. The average Bonchev–Trinajstić information content (AvgIpc) is 3.19. The predicted octanol–water partition coefficient (Wildman–Crippen LogP) is 4.68. The van der Waals surface area contributed by atoms with E-state index in [1.54, 1.807) is 13.8 Å². The first-order valence-electron chi connectivity index (χ1n) is 7.72. The minimum Gasteiger partial charge on any atom is -0.441 e. The fraction of sp³-hybridized carbons (Fsp3) is 0.235. The van der Waals surface area contributed by atoms with E-state index in [0.29, 0.717) is 11.8 Å². The Hall–Kier alpha value is -2.75. The number of rotatable bonds is 4. The number of sulfonamides is 1. The average molecular weight is 400 g/mol. The van der Waals surface area contributed by atoms with Gasteiger partial charge in [-0.1, -0.05) is 22.9 Å². The summed E-state index contributed by atoms with van der Waals surface area (Å²) < 4.78 is 74.8. The highest BCUT2D eigenvalue weighted by Crippen LogP contribution is 2.33. The van der Waals surface area contributed by atoms with Crippen LogP contribution in [0.15, 0.2) is 44.4 Å². The standard InChI is InChI=1S/C17H15F3N2O4S/c1-9-6-10(2)16(11(3)7-9)22-27(23,24)15-5-4-13(25-15)12-8-14(26-21-12)17(18,19)20/h4-8,22H,1-3H3. The molecule has 144 valence electrons. The lowest BCUT2D eigenvalue weighted by Crippen LogP contribution is -2.14. The molecule has 0 fully saturated rings. The zero-order valence-corrected chi connectivity index (χ0v) is 15.3. The van der Waals surface area contributed by atoms with E-state index in [0.717, 1.165) is 22.8 Å². The minimum atomic E-state index is -4.70. The number of aryl methyl sites for hydroxylation is 3. The van der Waals surface area contributed by atoms with Gasteiger partial charge in [-0.15, -0.1) is 0 Å². The van der Waals surface area contributed by atoms with E-state index in [4.69, 9.17) is 4.42 Å². The Balaban J connectivity index is 1.90. The number of aromatic nitrogens is 1. The summed E-state index contributed by atoms with van der Waals surface area (Å²) in [6.45, 7) is 5.42. The van der Waals surface area contributed by atoms with Crippen molar-refractivity contribution in [1.29, 1.82) is 0 Å². The second-order valence-electron chi connectivity index (χ2n) is 6.07. The number of anilines is 1. The molecule has 0 unspecified atom stereocenters. The van der Waals surface area contributed by atoms with Gasteiger partial charge in [-0.05, 0) is 44.0 Å². The van der Waals surface area contributed by atoms with Gasteiger partial charge in [-0.3, -0.25) is 4.72 Å². The maximum atomic E-state index is 12.6. The van der Waals surface area contributed by atoms with Crippen molar-refractivity contribution >= 4 is 15.7 Å². The fourth-order valence-electron chi connectivity index (χ4n) is 2.65. The van der Waals surface area contributed by atoms with E-state index in [9.17, 15) is 21.6 Å². The summed E-state index contributed by atoms with van der Waals surface area (Å²) in [5.74, 6) is -1.46. The van der Waals surface area contributed by atoms with Crippen LogP contribution in [0.25, 0.3) is 11.5 Å². The molecular formula is C17H15F3N2O4S. The van der Waals surface area contributed by atoms with Gasteiger partial charge in [0.05, 0.1) is 5.69 Å². The first-order chi connectivity index (χ1) is 12.5. The zero-order chi connectivity index (χ0) is 20.0. The minimum absolute atomic E-state index is 0.160. The van der Waals surface area contributed by atoms with Gasteiger partial charge in [0.25, 0.3) is 10.0 Å². The van der Waals surface area contributed by atoms with E-state index in [-0.39, 0.29) is 11.5 Å².